The molecule has 0 spiro atoms. The summed E-state index contributed by atoms with van der Waals surface area (Å²) in [5.41, 5.74) is 1.44. The molecule has 1 atom stereocenters. The predicted molar refractivity (Wildman–Crippen MR) is 77.9 cm³/mol. The van der Waals surface area contributed by atoms with Crippen LogP contribution in [0.3, 0.4) is 0 Å². The average molecular weight is 320 g/mol. The molecule has 0 saturated heterocycles. The second-order valence-corrected chi connectivity index (χ2v) is 5.05. The summed E-state index contributed by atoms with van der Waals surface area (Å²) < 4.78 is 0.848. The predicted octanol–water partition coefficient (Wildman–Crippen LogP) is 2.91. The number of amides is 1. The lowest BCUT2D eigenvalue weighted by Crippen LogP contribution is -2.30. The highest BCUT2D eigenvalue weighted by atomic mass is 79.9. The van der Waals surface area contributed by atoms with E-state index in [9.17, 15) is 9.90 Å². The van der Waals surface area contributed by atoms with E-state index in [1.165, 1.54) is 0 Å². The van der Waals surface area contributed by atoms with E-state index in [1.54, 1.807) is 18.2 Å². The minimum Gasteiger partial charge on any atom is -0.394 e. The van der Waals surface area contributed by atoms with E-state index in [0.717, 1.165) is 10.0 Å². The van der Waals surface area contributed by atoms with Gasteiger partial charge in [0.25, 0.3) is 5.91 Å². The normalized spacial score (nSPS) is 11.9. The SMILES string of the molecule is O=C(N[C@H](CO)c1ccccc1)c1cccc(Br)c1. The van der Waals surface area contributed by atoms with Crippen LogP contribution in [0.2, 0.25) is 0 Å². The molecule has 0 bridgehead atoms. The second kappa shape index (κ2) is 6.50. The van der Waals surface area contributed by atoms with Gasteiger partial charge in [0, 0.05) is 10.0 Å². The van der Waals surface area contributed by atoms with Crippen molar-refractivity contribution in [2.24, 2.45) is 0 Å². The molecular formula is C15H14BrNO2. The first-order valence-corrected chi connectivity index (χ1v) is 6.72. The number of aliphatic hydroxyl groups is 1. The summed E-state index contributed by atoms with van der Waals surface area (Å²) in [5.74, 6) is -0.204. The molecule has 0 radical (unpaired) electrons. The number of carbonyl (C=O) groups excluding carboxylic acids is 1. The molecule has 2 N–H and O–H groups in total. The Hall–Kier alpha value is -1.65. The number of rotatable bonds is 4. The van der Waals surface area contributed by atoms with Crippen molar-refractivity contribution in [3.8, 4) is 0 Å². The molecule has 0 aromatic heterocycles. The highest BCUT2D eigenvalue weighted by Gasteiger charge is 2.14. The van der Waals surface area contributed by atoms with E-state index >= 15 is 0 Å². The zero-order chi connectivity index (χ0) is 13.7. The quantitative estimate of drug-likeness (QED) is 0.910. The minimum atomic E-state index is -0.396. The van der Waals surface area contributed by atoms with E-state index in [4.69, 9.17) is 0 Å². The topological polar surface area (TPSA) is 49.3 Å². The molecule has 98 valence electrons. The third-order valence-electron chi connectivity index (χ3n) is 2.78. The molecule has 0 aliphatic rings. The fourth-order valence-electron chi connectivity index (χ4n) is 1.79. The molecule has 4 heteroatoms. The molecule has 0 aliphatic heterocycles. The third-order valence-corrected chi connectivity index (χ3v) is 3.27. The molecule has 1 amide bonds. The first kappa shape index (κ1) is 13.8. The van der Waals surface area contributed by atoms with Crippen molar-refractivity contribution in [1.82, 2.24) is 5.32 Å². The lowest BCUT2D eigenvalue weighted by Gasteiger charge is -2.16. The van der Waals surface area contributed by atoms with Gasteiger partial charge in [-0.1, -0.05) is 52.3 Å². The minimum absolute atomic E-state index is 0.135. The first-order valence-electron chi connectivity index (χ1n) is 5.93. The summed E-state index contributed by atoms with van der Waals surface area (Å²) >= 11 is 3.33. The van der Waals surface area contributed by atoms with Gasteiger partial charge in [0.1, 0.15) is 0 Å². The van der Waals surface area contributed by atoms with Gasteiger partial charge in [-0.3, -0.25) is 4.79 Å². The number of hydrogen-bond acceptors (Lipinski definition) is 2. The van der Waals surface area contributed by atoms with Gasteiger partial charge in [0.2, 0.25) is 0 Å². The smallest absolute Gasteiger partial charge is 0.251 e. The Labute approximate surface area is 120 Å². The fourth-order valence-corrected chi connectivity index (χ4v) is 2.19. The molecule has 0 fully saturated rings. The second-order valence-electron chi connectivity index (χ2n) is 4.13. The van der Waals surface area contributed by atoms with Crippen molar-refractivity contribution in [3.63, 3.8) is 0 Å². The Morgan fingerprint density at radius 3 is 2.53 bits per heavy atom. The summed E-state index contributed by atoms with van der Waals surface area (Å²) in [6.07, 6.45) is 0. The Morgan fingerprint density at radius 2 is 1.89 bits per heavy atom. The zero-order valence-electron chi connectivity index (χ0n) is 10.2. The third kappa shape index (κ3) is 3.66. The maximum Gasteiger partial charge on any atom is 0.251 e. The number of aliphatic hydroxyl groups excluding tert-OH is 1. The number of nitrogens with one attached hydrogen (secondary N) is 1. The van der Waals surface area contributed by atoms with Crippen molar-refractivity contribution in [2.75, 3.05) is 6.61 Å². The van der Waals surface area contributed by atoms with E-state index in [0.29, 0.717) is 5.56 Å². The highest BCUT2D eigenvalue weighted by Crippen LogP contribution is 2.15. The van der Waals surface area contributed by atoms with Gasteiger partial charge in [0.15, 0.2) is 0 Å². The molecule has 0 unspecified atom stereocenters. The molecular weight excluding hydrogens is 306 g/mol. The summed E-state index contributed by atoms with van der Waals surface area (Å²) in [6, 6.07) is 16.2. The van der Waals surface area contributed by atoms with Gasteiger partial charge in [0.05, 0.1) is 12.6 Å². The lowest BCUT2D eigenvalue weighted by atomic mass is 10.1. The molecule has 2 rings (SSSR count). The highest BCUT2D eigenvalue weighted by molar-refractivity contribution is 9.10. The van der Waals surface area contributed by atoms with Crippen LogP contribution in [0, 0.1) is 0 Å². The molecule has 3 nitrogen and oxygen atoms in total. The molecule has 0 aliphatic carbocycles. The fraction of sp³-hybridized carbons (Fsp3) is 0.133. The van der Waals surface area contributed by atoms with Crippen LogP contribution >= 0.6 is 15.9 Å². The van der Waals surface area contributed by atoms with Crippen LogP contribution in [0.25, 0.3) is 0 Å². The maximum atomic E-state index is 12.1. The van der Waals surface area contributed by atoms with Gasteiger partial charge in [-0.25, -0.2) is 0 Å². The summed E-state index contributed by atoms with van der Waals surface area (Å²) in [5, 5.41) is 12.2. The summed E-state index contributed by atoms with van der Waals surface area (Å²) in [7, 11) is 0. The Morgan fingerprint density at radius 1 is 1.16 bits per heavy atom. The van der Waals surface area contributed by atoms with Gasteiger partial charge in [-0.15, -0.1) is 0 Å². The van der Waals surface area contributed by atoms with E-state index in [1.807, 2.05) is 36.4 Å². The standard InChI is InChI=1S/C15H14BrNO2/c16-13-8-4-7-12(9-13)15(19)17-14(10-18)11-5-2-1-3-6-11/h1-9,14,18H,10H2,(H,17,19)/t14-/m1/s1. The summed E-state index contributed by atoms with van der Waals surface area (Å²) in [6.45, 7) is -0.135. The van der Waals surface area contributed by atoms with Crippen LogP contribution in [0.15, 0.2) is 59.1 Å². The summed E-state index contributed by atoms with van der Waals surface area (Å²) in [4.78, 5) is 12.1. The van der Waals surface area contributed by atoms with Crippen molar-refractivity contribution in [3.05, 3.63) is 70.2 Å². The van der Waals surface area contributed by atoms with Crippen molar-refractivity contribution >= 4 is 21.8 Å². The van der Waals surface area contributed by atoms with Crippen molar-refractivity contribution in [1.29, 1.82) is 0 Å². The number of halogens is 1. The monoisotopic (exact) mass is 319 g/mol. The molecule has 0 saturated carbocycles. The molecule has 0 heterocycles. The van der Waals surface area contributed by atoms with Crippen molar-refractivity contribution < 1.29 is 9.90 Å². The maximum absolute atomic E-state index is 12.1. The zero-order valence-corrected chi connectivity index (χ0v) is 11.8. The van der Waals surface area contributed by atoms with Gasteiger partial charge in [-0.2, -0.15) is 0 Å². The van der Waals surface area contributed by atoms with Gasteiger partial charge >= 0.3 is 0 Å². The van der Waals surface area contributed by atoms with Crippen LogP contribution in [0.1, 0.15) is 22.0 Å². The van der Waals surface area contributed by atoms with Crippen LogP contribution in [-0.4, -0.2) is 17.6 Å². The van der Waals surface area contributed by atoms with Crippen LogP contribution in [-0.2, 0) is 0 Å². The average Bonchev–Trinajstić information content (AvgIpc) is 2.45. The van der Waals surface area contributed by atoms with Crippen LogP contribution < -0.4 is 5.32 Å². The Bertz CT molecular complexity index is 557. The largest absolute Gasteiger partial charge is 0.394 e. The Balaban J connectivity index is 2.13. The van der Waals surface area contributed by atoms with E-state index in [-0.39, 0.29) is 12.5 Å². The molecule has 2 aromatic rings. The van der Waals surface area contributed by atoms with E-state index in [2.05, 4.69) is 21.2 Å². The number of benzene rings is 2. The van der Waals surface area contributed by atoms with Gasteiger partial charge in [-0.05, 0) is 23.8 Å². The van der Waals surface area contributed by atoms with E-state index < -0.39 is 6.04 Å². The Kier molecular flexibility index (Phi) is 4.71. The first-order chi connectivity index (χ1) is 9.20. The molecule has 2 aromatic carbocycles. The van der Waals surface area contributed by atoms with Crippen LogP contribution in [0.5, 0.6) is 0 Å². The van der Waals surface area contributed by atoms with Crippen molar-refractivity contribution in [2.45, 2.75) is 6.04 Å². The lowest BCUT2D eigenvalue weighted by molar-refractivity contribution is 0.0916. The van der Waals surface area contributed by atoms with Crippen LogP contribution in [0.4, 0.5) is 0 Å². The number of hydrogen-bond donors (Lipinski definition) is 2. The number of carbonyl (C=O) groups is 1. The van der Waals surface area contributed by atoms with Gasteiger partial charge < -0.3 is 10.4 Å². The molecule has 19 heavy (non-hydrogen) atoms.